The van der Waals surface area contributed by atoms with Crippen molar-refractivity contribution in [3.05, 3.63) is 33.4 Å². The van der Waals surface area contributed by atoms with E-state index in [0.29, 0.717) is 31.0 Å². The van der Waals surface area contributed by atoms with Gasteiger partial charge >= 0.3 is 199 Å². The molecule has 1 amide bonds. The molecule has 2 fully saturated rings. The third-order valence-corrected chi connectivity index (χ3v) is 9.43. The minimum absolute atomic E-state index is 0.0148. The van der Waals surface area contributed by atoms with E-state index in [1.165, 1.54) is 22.0 Å². The van der Waals surface area contributed by atoms with E-state index in [0.717, 1.165) is 19.3 Å². The van der Waals surface area contributed by atoms with E-state index in [4.69, 9.17) is 4.74 Å². The molecule has 1 aliphatic heterocycles. The number of rotatable bonds is 9. The Labute approximate surface area is 198 Å². The molecule has 0 bridgehead atoms. The number of aryl methyl sites for hydroxylation is 1. The van der Waals surface area contributed by atoms with Gasteiger partial charge in [-0.3, -0.25) is 0 Å². The van der Waals surface area contributed by atoms with E-state index in [2.05, 4.69) is 41.0 Å². The fourth-order valence-electron chi connectivity index (χ4n) is 5.48. The quantitative estimate of drug-likeness (QED) is 0.261. The molecule has 1 aromatic carbocycles. The van der Waals surface area contributed by atoms with Gasteiger partial charge in [0.2, 0.25) is 0 Å². The second kappa shape index (κ2) is 11.1. The monoisotopic (exact) mass is 541 g/mol. The maximum atomic E-state index is 13.5. The summed E-state index contributed by atoms with van der Waals surface area (Å²) in [4.78, 5) is 32.8. The predicted octanol–water partition coefficient (Wildman–Crippen LogP) is 0.549. The van der Waals surface area contributed by atoms with Crippen LogP contribution in [0.5, 0.6) is 0 Å². The van der Waals surface area contributed by atoms with Gasteiger partial charge < -0.3 is 0 Å². The van der Waals surface area contributed by atoms with E-state index >= 15 is 0 Å². The van der Waals surface area contributed by atoms with Gasteiger partial charge in [0.25, 0.3) is 0 Å². The van der Waals surface area contributed by atoms with Gasteiger partial charge in [-0.25, -0.2) is 0 Å². The van der Waals surface area contributed by atoms with Crippen LogP contribution in [0.1, 0.15) is 58.4 Å². The van der Waals surface area contributed by atoms with Crippen LogP contribution in [0.2, 0.25) is 0 Å². The van der Waals surface area contributed by atoms with Crippen LogP contribution in [0.3, 0.4) is 0 Å². The van der Waals surface area contributed by atoms with Crippen LogP contribution < -0.4 is 21.2 Å². The first kappa shape index (κ1) is 24.5. The molecule has 2 aliphatic rings. The second-order valence-corrected chi connectivity index (χ2v) is 11.3. The number of hydrogen-bond donors (Lipinski definition) is 0. The molecule has 1 aromatic rings. The first-order valence-corrected chi connectivity index (χ1v) is 14.9. The average Bonchev–Trinajstić information content (AvgIpc) is 3.33. The van der Waals surface area contributed by atoms with E-state index in [1.807, 2.05) is 25.8 Å². The Morgan fingerprint density at radius 1 is 1.29 bits per heavy atom. The van der Waals surface area contributed by atoms with Crippen LogP contribution in [0.25, 0.3) is 0 Å². The number of alkyl halides is 1. The second-order valence-electron chi connectivity index (χ2n) is 9.02. The summed E-state index contributed by atoms with van der Waals surface area (Å²) in [5.41, 5.74) is 1.32. The molecule has 5 nitrogen and oxygen atoms in total. The summed E-state index contributed by atoms with van der Waals surface area (Å²) in [5.74, 6) is 0.603. The number of likely N-dealkylation sites (N-methyl/N-ethyl adjacent to an activating group) is 1. The summed E-state index contributed by atoms with van der Waals surface area (Å²) in [6, 6.07) is 8.45. The number of ether oxygens (including phenoxy) is 1. The summed E-state index contributed by atoms with van der Waals surface area (Å²) in [7, 11) is 1.91. The number of nitrogens with zero attached hydrogens (tertiary/aromatic N) is 2. The number of carbonyl (C=O) groups excluding carboxylic acids is 2. The van der Waals surface area contributed by atoms with E-state index < -0.39 is 6.04 Å². The molecule has 0 aromatic heterocycles. The zero-order chi connectivity index (χ0) is 22.5. The van der Waals surface area contributed by atoms with E-state index in [1.54, 1.807) is 0 Å². The molecule has 1 aliphatic carbocycles. The van der Waals surface area contributed by atoms with Crippen molar-refractivity contribution in [2.75, 3.05) is 18.6 Å². The number of amides is 1. The normalized spacial score (nSPS) is 25.0. The van der Waals surface area contributed by atoms with Gasteiger partial charge in [-0.2, -0.15) is 0 Å². The summed E-state index contributed by atoms with van der Waals surface area (Å²) in [6.07, 6.45) is 6.19. The van der Waals surface area contributed by atoms with Gasteiger partial charge in [0.05, 0.1) is 0 Å². The van der Waals surface area contributed by atoms with Crippen molar-refractivity contribution in [2.45, 2.75) is 83.5 Å². The number of hydrogen-bond acceptors (Lipinski definition) is 4. The van der Waals surface area contributed by atoms with Crippen molar-refractivity contribution in [3.8, 4) is 0 Å². The standard InChI is InChI=1S/C25H38IN2O3/c1-6-31-25(30)23(15-14-19-10-7-8-12-21(19)26-4)27(5)18(3)24(29)28-17(2)16-20-11-9-13-22(20)28/h7-8,10,12,17-18,20,22-23H,6,9,11,13-16H2,1-5H3/q-1/t17-,18+,20+,22+,23+/m1/s1. The first-order valence-electron chi connectivity index (χ1n) is 11.7. The van der Waals surface area contributed by atoms with Crippen LogP contribution in [0, 0.1) is 9.49 Å². The van der Waals surface area contributed by atoms with Gasteiger partial charge in [0.15, 0.2) is 0 Å². The first-order chi connectivity index (χ1) is 14.9. The molecule has 31 heavy (non-hydrogen) atoms. The van der Waals surface area contributed by atoms with Crippen LogP contribution in [0.4, 0.5) is 0 Å². The molecule has 0 radical (unpaired) electrons. The van der Waals surface area contributed by atoms with Crippen molar-refractivity contribution in [3.63, 3.8) is 0 Å². The molecule has 1 saturated heterocycles. The molecule has 0 unspecified atom stereocenters. The topological polar surface area (TPSA) is 49.9 Å². The Hall–Kier alpha value is -1.15. The molecule has 174 valence electrons. The van der Waals surface area contributed by atoms with Crippen molar-refractivity contribution >= 4 is 11.9 Å². The Morgan fingerprint density at radius 2 is 2.03 bits per heavy atom. The zero-order valence-corrected chi connectivity index (χ0v) is 21.8. The Bertz CT molecular complexity index is 771. The molecule has 1 heterocycles. The van der Waals surface area contributed by atoms with E-state index in [9.17, 15) is 9.59 Å². The summed E-state index contributed by atoms with van der Waals surface area (Å²) < 4.78 is 6.84. The van der Waals surface area contributed by atoms with Gasteiger partial charge in [-0.15, -0.1) is 0 Å². The molecule has 3 rings (SSSR count). The van der Waals surface area contributed by atoms with Crippen molar-refractivity contribution < 1.29 is 35.5 Å². The zero-order valence-electron chi connectivity index (χ0n) is 19.6. The van der Waals surface area contributed by atoms with Gasteiger partial charge in [-0.1, -0.05) is 0 Å². The molecular formula is C25H38IN2O3-. The fourth-order valence-corrected chi connectivity index (χ4v) is 7.19. The number of benzene rings is 1. The van der Waals surface area contributed by atoms with Crippen molar-refractivity contribution in [1.82, 2.24) is 9.80 Å². The number of fused-ring (bicyclic) bond motifs is 1. The maximum absolute atomic E-state index is 13.5. The predicted molar refractivity (Wildman–Crippen MR) is 119 cm³/mol. The van der Waals surface area contributed by atoms with Crippen LogP contribution >= 0.6 is 0 Å². The Kier molecular flexibility index (Phi) is 8.79. The van der Waals surface area contributed by atoms with E-state index in [-0.39, 0.29) is 39.1 Å². The minimum atomic E-state index is -0.417. The van der Waals surface area contributed by atoms with Gasteiger partial charge in [-0.05, 0) is 0 Å². The molecule has 0 N–H and O–H groups in total. The SMILES string of the molecule is CCOC(=O)[C@H](CCc1ccccc1[I-]C)N(C)[C@@H](C)C(=O)N1[C@H](C)C[C@@H]2CCC[C@@H]21. The van der Waals surface area contributed by atoms with Crippen molar-refractivity contribution in [2.24, 2.45) is 5.92 Å². The molecule has 5 atom stereocenters. The Balaban J connectivity index is 1.73. The molecule has 6 heteroatoms. The average molecular weight is 541 g/mol. The molecule has 1 saturated carbocycles. The number of esters is 1. The number of carbonyl (C=O) groups is 2. The third-order valence-electron chi connectivity index (χ3n) is 7.22. The van der Waals surface area contributed by atoms with Gasteiger partial charge in [0.1, 0.15) is 0 Å². The number of halogens is 1. The molecule has 0 spiro atoms. The van der Waals surface area contributed by atoms with Crippen LogP contribution in [0.15, 0.2) is 24.3 Å². The Morgan fingerprint density at radius 3 is 2.74 bits per heavy atom. The summed E-state index contributed by atoms with van der Waals surface area (Å²) in [6.45, 7) is 6.33. The fraction of sp³-hybridized carbons (Fsp3) is 0.680. The van der Waals surface area contributed by atoms with Gasteiger partial charge in [0, 0.05) is 0 Å². The van der Waals surface area contributed by atoms with Crippen LogP contribution in [-0.2, 0) is 20.7 Å². The summed E-state index contributed by atoms with van der Waals surface area (Å²) >= 11 is -0.0148. The summed E-state index contributed by atoms with van der Waals surface area (Å²) in [5, 5.41) is 0. The van der Waals surface area contributed by atoms with Crippen LogP contribution in [-0.4, -0.2) is 64.4 Å². The van der Waals surface area contributed by atoms with Crippen molar-refractivity contribution in [1.29, 1.82) is 0 Å². The third kappa shape index (κ3) is 5.44. The number of likely N-dealkylation sites (tertiary alicyclic amines) is 1. The molecular weight excluding hydrogens is 503 g/mol.